The molecule has 0 unspecified atom stereocenters. The van der Waals surface area contributed by atoms with E-state index in [2.05, 4.69) is 20.3 Å². The van der Waals surface area contributed by atoms with Gasteiger partial charge >= 0.3 is 12.1 Å². The van der Waals surface area contributed by atoms with Crippen LogP contribution in [0.25, 0.3) is 11.4 Å². The standard InChI is InChI=1S/C25H30N6O5/c1-16-22(36-19-8-4-7-18(12-19)24(32)33)10-9-20(27-16)23-21(31(3)29-28-23)15-35-25(34)30(2)14-17-6-5-11-26-13-17/h5-6,9-11,13,18-19H,4,7-8,12,14-15H2,1-3H3,(H,32,33)/t18-,19-/m0/s1. The predicted molar refractivity (Wildman–Crippen MR) is 129 cm³/mol. The topological polar surface area (TPSA) is 133 Å². The van der Waals surface area contributed by atoms with Gasteiger partial charge in [-0.25, -0.2) is 14.5 Å². The summed E-state index contributed by atoms with van der Waals surface area (Å²) in [5, 5.41) is 17.6. The molecule has 0 bridgehead atoms. The number of amides is 1. The molecule has 1 aliphatic rings. The number of ether oxygens (including phenoxy) is 2. The maximum Gasteiger partial charge on any atom is 0.410 e. The zero-order chi connectivity index (χ0) is 25.7. The predicted octanol–water partition coefficient (Wildman–Crippen LogP) is 3.37. The lowest BCUT2D eigenvalue weighted by molar-refractivity contribution is -0.143. The van der Waals surface area contributed by atoms with Crippen molar-refractivity contribution in [2.75, 3.05) is 7.05 Å². The summed E-state index contributed by atoms with van der Waals surface area (Å²) in [6, 6.07) is 7.30. The number of hydrogen-bond donors (Lipinski definition) is 1. The lowest BCUT2D eigenvalue weighted by Gasteiger charge is -2.27. The number of rotatable bonds is 8. The number of aryl methyl sites for hydroxylation is 2. The van der Waals surface area contributed by atoms with E-state index in [1.54, 1.807) is 37.2 Å². The van der Waals surface area contributed by atoms with Crippen LogP contribution in [-0.2, 0) is 29.7 Å². The highest BCUT2D eigenvalue weighted by molar-refractivity contribution is 5.70. The van der Waals surface area contributed by atoms with Crippen molar-refractivity contribution in [2.45, 2.75) is 51.9 Å². The molecule has 1 fully saturated rings. The average Bonchev–Trinajstić information content (AvgIpc) is 3.24. The molecule has 1 amide bonds. The van der Waals surface area contributed by atoms with Gasteiger partial charge in [0.15, 0.2) is 0 Å². The van der Waals surface area contributed by atoms with Gasteiger partial charge in [0.1, 0.15) is 23.7 Å². The van der Waals surface area contributed by atoms with E-state index in [0.717, 1.165) is 18.4 Å². The number of nitrogens with zero attached hydrogens (tertiary/aromatic N) is 6. The zero-order valence-corrected chi connectivity index (χ0v) is 20.6. The van der Waals surface area contributed by atoms with Crippen LogP contribution in [-0.4, -0.2) is 60.2 Å². The second-order valence-electron chi connectivity index (χ2n) is 9.00. The zero-order valence-electron chi connectivity index (χ0n) is 20.6. The molecule has 0 spiro atoms. The Hall–Kier alpha value is -4.02. The van der Waals surface area contributed by atoms with Gasteiger partial charge in [0.25, 0.3) is 0 Å². The summed E-state index contributed by atoms with van der Waals surface area (Å²) in [4.78, 5) is 34.0. The van der Waals surface area contributed by atoms with Gasteiger partial charge in [-0.2, -0.15) is 0 Å². The maximum atomic E-state index is 12.5. The van der Waals surface area contributed by atoms with Gasteiger partial charge in [0.05, 0.1) is 30.0 Å². The van der Waals surface area contributed by atoms with E-state index in [-0.39, 0.29) is 18.6 Å². The lowest BCUT2D eigenvalue weighted by Crippen LogP contribution is -2.29. The number of pyridine rings is 2. The number of aromatic nitrogens is 5. The van der Waals surface area contributed by atoms with E-state index >= 15 is 0 Å². The van der Waals surface area contributed by atoms with Gasteiger partial charge in [-0.3, -0.25) is 9.78 Å². The minimum absolute atomic E-state index is 0.0212. The third kappa shape index (κ3) is 5.96. The highest BCUT2D eigenvalue weighted by Gasteiger charge is 2.28. The van der Waals surface area contributed by atoms with Crippen molar-refractivity contribution in [1.29, 1.82) is 0 Å². The summed E-state index contributed by atoms with van der Waals surface area (Å²) in [7, 11) is 3.39. The number of carbonyl (C=O) groups excluding carboxylic acids is 1. The highest BCUT2D eigenvalue weighted by Crippen LogP contribution is 2.30. The molecule has 2 atom stereocenters. The van der Waals surface area contributed by atoms with Crippen LogP contribution in [0.1, 0.15) is 42.6 Å². The monoisotopic (exact) mass is 494 g/mol. The van der Waals surface area contributed by atoms with Crippen LogP contribution >= 0.6 is 0 Å². The second-order valence-corrected chi connectivity index (χ2v) is 9.00. The van der Waals surface area contributed by atoms with E-state index in [1.165, 1.54) is 4.90 Å². The molecular weight excluding hydrogens is 464 g/mol. The van der Waals surface area contributed by atoms with Crippen molar-refractivity contribution < 1.29 is 24.2 Å². The summed E-state index contributed by atoms with van der Waals surface area (Å²) in [5.74, 6) is -0.527. The SMILES string of the molecule is Cc1nc(-c2nnn(C)c2COC(=O)N(C)Cc2cccnc2)ccc1O[C@H]1CCC[C@H](C(=O)O)C1. The van der Waals surface area contributed by atoms with Crippen molar-refractivity contribution >= 4 is 12.1 Å². The van der Waals surface area contributed by atoms with Crippen molar-refractivity contribution in [3.05, 3.63) is 53.6 Å². The smallest absolute Gasteiger partial charge is 0.410 e. The highest BCUT2D eigenvalue weighted by atomic mass is 16.6. The van der Waals surface area contributed by atoms with Crippen molar-refractivity contribution in [3.63, 3.8) is 0 Å². The lowest BCUT2D eigenvalue weighted by atomic mass is 9.87. The Morgan fingerprint density at radius 1 is 1.25 bits per heavy atom. The molecule has 3 aromatic rings. The van der Waals surface area contributed by atoms with Gasteiger partial charge in [0.2, 0.25) is 0 Å². The summed E-state index contributed by atoms with van der Waals surface area (Å²) in [5.41, 5.74) is 3.26. The molecule has 1 N–H and O–H groups in total. The Balaban J connectivity index is 1.41. The third-order valence-electron chi connectivity index (χ3n) is 6.28. The minimum Gasteiger partial charge on any atom is -0.489 e. The number of carboxylic acid groups (broad SMARTS) is 1. The number of carbonyl (C=O) groups is 2. The van der Waals surface area contributed by atoms with Gasteiger partial charge in [-0.05, 0) is 56.4 Å². The van der Waals surface area contributed by atoms with Crippen LogP contribution < -0.4 is 4.74 Å². The summed E-state index contributed by atoms with van der Waals surface area (Å²) < 4.78 is 13.2. The van der Waals surface area contributed by atoms with Gasteiger partial charge in [-0.15, -0.1) is 5.10 Å². The summed E-state index contributed by atoms with van der Waals surface area (Å²) in [6.07, 6.45) is 5.57. The second kappa shape index (κ2) is 11.1. The van der Waals surface area contributed by atoms with Crippen LogP contribution in [0.5, 0.6) is 5.75 Å². The molecule has 0 radical (unpaired) electrons. The molecule has 11 heteroatoms. The first-order chi connectivity index (χ1) is 17.3. The van der Waals surface area contributed by atoms with E-state index in [0.29, 0.717) is 47.9 Å². The van der Waals surface area contributed by atoms with E-state index in [1.807, 2.05) is 25.1 Å². The van der Waals surface area contributed by atoms with Crippen molar-refractivity contribution in [1.82, 2.24) is 29.9 Å². The molecule has 0 aromatic carbocycles. The Morgan fingerprint density at radius 3 is 2.81 bits per heavy atom. The van der Waals surface area contributed by atoms with Crippen molar-refractivity contribution in [2.24, 2.45) is 13.0 Å². The van der Waals surface area contributed by atoms with E-state index in [4.69, 9.17) is 9.47 Å². The van der Waals surface area contributed by atoms with E-state index < -0.39 is 12.1 Å². The Kier molecular flexibility index (Phi) is 7.77. The molecule has 3 heterocycles. The Labute approximate surface area is 209 Å². The van der Waals surface area contributed by atoms with Gasteiger partial charge in [-0.1, -0.05) is 11.3 Å². The first-order valence-corrected chi connectivity index (χ1v) is 11.8. The molecule has 36 heavy (non-hydrogen) atoms. The normalized spacial score (nSPS) is 17.4. The third-order valence-corrected chi connectivity index (χ3v) is 6.28. The van der Waals surface area contributed by atoms with Crippen LogP contribution in [0.4, 0.5) is 4.79 Å². The molecule has 0 aliphatic heterocycles. The summed E-state index contributed by atoms with van der Waals surface area (Å²) >= 11 is 0. The first kappa shape index (κ1) is 25.1. The maximum absolute atomic E-state index is 12.5. The number of hydrogen-bond acceptors (Lipinski definition) is 8. The fourth-order valence-corrected chi connectivity index (χ4v) is 4.27. The summed E-state index contributed by atoms with van der Waals surface area (Å²) in [6.45, 7) is 2.19. The van der Waals surface area contributed by atoms with Crippen LogP contribution in [0.3, 0.4) is 0 Å². The largest absolute Gasteiger partial charge is 0.489 e. The number of carboxylic acids is 1. The molecule has 1 saturated carbocycles. The molecule has 190 valence electrons. The fourth-order valence-electron chi connectivity index (χ4n) is 4.27. The molecule has 1 aliphatic carbocycles. The molecule has 0 saturated heterocycles. The molecular formula is C25H30N6O5. The van der Waals surface area contributed by atoms with Crippen LogP contribution in [0.15, 0.2) is 36.7 Å². The molecule has 11 nitrogen and oxygen atoms in total. The van der Waals surface area contributed by atoms with Crippen molar-refractivity contribution in [3.8, 4) is 17.1 Å². The van der Waals surface area contributed by atoms with E-state index in [9.17, 15) is 14.7 Å². The van der Waals surface area contributed by atoms with Crippen LogP contribution in [0.2, 0.25) is 0 Å². The number of aliphatic carboxylic acids is 1. The molecule has 3 aromatic heterocycles. The van der Waals surface area contributed by atoms with Gasteiger partial charge < -0.3 is 19.5 Å². The molecule has 4 rings (SSSR count). The quantitative estimate of drug-likeness (QED) is 0.500. The average molecular weight is 495 g/mol. The van der Waals surface area contributed by atoms with Crippen LogP contribution in [0, 0.1) is 12.8 Å². The first-order valence-electron chi connectivity index (χ1n) is 11.8. The Bertz CT molecular complexity index is 1210. The van der Waals surface area contributed by atoms with Gasteiger partial charge in [0, 0.05) is 26.5 Å². The Morgan fingerprint density at radius 2 is 2.08 bits per heavy atom. The minimum atomic E-state index is -0.771. The fraction of sp³-hybridized carbons (Fsp3) is 0.440.